The minimum absolute atomic E-state index is 0.111. The Labute approximate surface area is 96.7 Å². The van der Waals surface area contributed by atoms with Gasteiger partial charge in [-0.25, -0.2) is 8.42 Å². The second-order valence-electron chi connectivity index (χ2n) is 5.32. The van der Waals surface area contributed by atoms with Crippen LogP contribution in [0.4, 0.5) is 0 Å². The lowest BCUT2D eigenvalue weighted by atomic mass is 9.95. The van der Waals surface area contributed by atoms with Gasteiger partial charge in [-0.2, -0.15) is 0 Å². The average molecular weight is 242 g/mol. The molecule has 2 atom stereocenters. The van der Waals surface area contributed by atoms with Gasteiger partial charge in [0.2, 0.25) is 0 Å². The van der Waals surface area contributed by atoms with Crippen LogP contribution in [0.25, 0.3) is 0 Å². The van der Waals surface area contributed by atoms with Gasteiger partial charge in [0.05, 0.1) is 5.25 Å². The minimum atomic E-state index is -3.36. The van der Waals surface area contributed by atoms with Crippen molar-refractivity contribution in [3.8, 4) is 0 Å². The molecule has 2 fully saturated rings. The van der Waals surface area contributed by atoms with Crippen LogP contribution < -0.4 is 5.73 Å². The number of amidine groups is 1. The van der Waals surface area contributed by atoms with Crippen molar-refractivity contribution in [3.63, 3.8) is 0 Å². The smallest absolute Gasteiger partial charge is 0.257 e. The topological polar surface area (TPSA) is 72.5 Å². The van der Waals surface area contributed by atoms with Crippen molar-refractivity contribution in [2.45, 2.75) is 38.4 Å². The zero-order valence-electron chi connectivity index (χ0n) is 9.73. The molecule has 2 aliphatic rings. The normalized spacial score (nSPS) is 39.5. The Kier molecular flexibility index (Phi) is 2.25. The number of hydrogen-bond donors (Lipinski definition) is 1. The van der Waals surface area contributed by atoms with Gasteiger partial charge in [-0.1, -0.05) is 19.9 Å². The van der Waals surface area contributed by atoms with Crippen LogP contribution in [0.3, 0.4) is 0 Å². The predicted octanol–water partition coefficient (Wildman–Crippen LogP) is 1.44. The van der Waals surface area contributed by atoms with Crippen LogP contribution in [0.2, 0.25) is 0 Å². The van der Waals surface area contributed by atoms with Crippen LogP contribution in [-0.4, -0.2) is 19.5 Å². The summed E-state index contributed by atoms with van der Waals surface area (Å²) in [5, 5.41) is -0.289. The minimum Gasteiger partial charge on any atom is -0.386 e. The lowest BCUT2D eigenvalue weighted by Crippen LogP contribution is -2.28. The fourth-order valence-corrected chi connectivity index (χ4v) is 3.41. The highest BCUT2D eigenvalue weighted by molar-refractivity contribution is 7.91. The van der Waals surface area contributed by atoms with Crippen LogP contribution in [0.1, 0.15) is 33.1 Å². The standard InChI is InChI=1S/C11H18N2O2S/c1-4-10(2)7-11(10,3)9(12)13-16(14,15)8-5-6-8/h4,8H,1,5-7H2,2-3H3,(H2,12,13)/t10-,11-/m1/s1. The zero-order valence-corrected chi connectivity index (χ0v) is 10.5. The summed E-state index contributed by atoms with van der Waals surface area (Å²) in [6.07, 6.45) is 4.08. The van der Waals surface area contributed by atoms with E-state index < -0.39 is 10.0 Å². The average Bonchev–Trinajstić information content (AvgIpc) is 3.03. The summed E-state index contributed by atoms with van der Waals surface area (Å²) in [4.78, 5) is 0. The molecule has 0 aromatic heterocycles. The van der Waals surface area contributed by atoms with Gasteiger partial charge >= 0.3 is 0 Å². The van der Waals surface area contributed by atoms with Crippen molar-refractivity contribution in [1.29, 1.82) is 0 Å². The fourth-order valence-electron chi connectivity index (χ4n) is 2.05. The van der Waals surface area contributed by atoms with Gasteiger partial charge in [0.15, 0.2) is 0 Å². The molecule has 0 saturated heterocycles. The van der Waals surface area contributed by atoms with Crippen LogP contribution in [0.15, 0.2) is 17.1 Å². The molecule has 0 heterocycles. The van der Waals surface area contributed by atoms with Crippen LogP contribution >= 0.6 is 0 Å². The molecule has 2 aliphatic carbocycles. The van der Waals surface area contributed by atoms with Crippen molar-refractivity contribution in [3.05, 3.63) is 12.7 Å². The van der Waals surface area contributed by atoms with E-state index in [0.717, 1.165) is 6.42 Å². The highest BCUT2D eigenvalue weighted by Gasteiger charge is 2.62. The van der Waals surface area contributed by atoms with Crippen molar-refractivity contribution >= 4 is 15.9 Å². The summed E-state index contributed by atoms with van der Waals surface area (Å²) in [6, 6.07) is 0. The van der Waals surface area contributed by atoms with Crippen molar-refractivity contribution in [2.75, 3.05) is 0 Å². The molecular weight excluding hydrogens is 224 g/mol. The SMILES string of the molecule is C=C[C@]1(C)C[C@]1(C)C(N)=NS(=O)(=O)C1CC1. The number of allylic oxidation sites excluding steroid dienone is 1. The maximum atomic E-state index is 11.7. The van der Waals surface area contributed by atoms with Gasteiger partial charge in [0.1, 0.15) is 5.84 Å². The molecule has 0 aromatic carbocycles. The van der Waals surface area contributed by atoms with E-state index in [1.165, 1.54) is 0 Å². The Hall–Kier alpha value is -0.840. The molecule has 2 N–H and O–H groups in total. The summed E-state index contributed by atoms with van der Waals surface area (Å²) >= 11 is 0. The highest BCUT2D eigenvalue weighted by Crippen LogP contribution is 2.64. The van der Waals surface area contributed by atoms with E-state index in [2.05, 4.69) is 11.0 Å². The molecule has 4 nitrogen and oxygen atoms in total. The molecule has 16 heavy (non-hydrogen) atoms. The highest BCUT2D eigenvalue weighted by atomic mass is 32.2. The first-order valence-corrected chi connectivity index (χ1v) is 6.99. The maximum absolute atomic E-state index is 11.7. The first-order valence-electron chi connectivity index (χ1n) is 5.48. The molecule has 0 amide bonds. The van der Waals surface area contributed by atoms with E-state index in [1.807, 2.05) is 19.9 Å². The fraction of sp³-hybridized carbons (Fsp3) is 0.727. The van der Waals surface area contributed by atoms with Crippen molar-refractivity contribution < 1.29 is 8.42 Å². The van der Waals surface area contributed by atoms with Gasteiger partial charge in [-0.3, -0.25) is 0 Å². The third-order valence-electron chi connectivity index (χ3n) is 4.04. The Morgan fingerprint density at radius 2 is 2.06 bits per heavy atom. The molecule has 5 heteroatoms. The quantitative estimate of drug-likeness (QED) is 0.460. The summed E-state index contributed by atoms with van der Waals surface area (Å²) in [6.45, 7) is 7.72. The van der Waals surface area contributed by atoms with Gasteiger partial charge in [0, 0.05) is 5.41 Å². The van der Waals surface area contributed by atoms with E-state index in [-0.39, 0.29) is 21.9 Å². The Morgan fingerprint density at radius 3 is 2.44 bits per heavy atom. The molecule has 0 aliphatic heterocycles. The summed E-state index contributed by atoms with van der Waals surface area (Å²) < 4.78 is 27.1. The Morgan fingerprint density at radius 1 is 1.50 bits per heavy atom. The van der Waals surface area contributed by atoms with Crippen molar-refractivity contribution in [1.82, 2.24) is 0 Å². The summed E-state index contributed by atoms with van der Waals surface area (Å²) in [5.74, 6) is 0.238. The van der Waals surface area contributed by atoms with E-state index >= 15 is 0 Å². The number of nitrogens with zero attached hydrogens (tertiary/aromatic N) is 1. The number of sulfonamides is 1. The zero-order chi connectivity index (χ0) is 12.2. The van der Waals surface area contributed by atoms with Crippen molar-refractivity contribution in [2.24, 2.45) is 21.0 Å². The third kappa shape index (κ3) is 1.57. The van der Waals surface area contributed by atoms with Gasteiger partial charge in [-0.15, -0.1) is 11.0 Å². The van der Waals surface area contributed by atoms with Crippen LogP contribution in [0.5, 0.6) is 0 Å². The number of rotatable bonds is 4. The monoisotopic (exact) mass is 242 g/mol. The van der Waals surface area contributed by atoms with E-state index in [4.69, 9.17) is 5.73 Å². The van der Waals surface area contributed by atoms with Gasteiger partial charge < -0.3 is 5.73 Å². The molecule has 0 bridgehead atoms. The summed E-state index contributed by atoms with van der Waals surface area (Å²) in [5.41, 5.74) is 5.39. The molecule has 90 valence electrons. The first-order chi connectivity index (χ1) is 7.25. The first kappa shape index (κ1) is 11.6. The molecule has 2 saturated carbocycles. The lowest BCUT2D eigenvalue weighted by Gasteiger charge is -2.14. The summed E-state index contributed by atoms with van der Waals surface area (Å²) in [7, 11) is -3.36. The second-order valence-corrected chi connectivity index (χ2v) is 7.20. The molecule has 0 radical (unpaired) electrons. The van der Waals surface area contributed by atoms with E-state index in [9.17, 15) is 8.42 Å². The van der Waals surface area contributed by atoms with Crippen LogP contribution in [0, 0.1) is 10.8 Å². The molecule has 0 unspecified atom stereocenters. The molecular formula is C11H18N2O2S. The second kappa shape index (κ2) is 3.09. The predicted molar refractivity (Wildman–Crippen MR) is 64.6 cm³/mol. The largest absolute Gasteiger partial charge is 0.386 e. The Bertz CT molecular complexity index is 464. The van der Waals surface area contributed by atoms with E-state index in [1.54, 1.807) is 0 Å². The number of hydrogen-bond acceptors (Lipinski definition) is 2. The number of nitrogens with two attached hydrogens (primary N) is 1. The maximum Gasteiger partial charge on any atom is 0.257 e. The molecule has 0 spiro atoms. The van der Waals surface area contributed by atoms with Gasteiger partial charge in [0.25, 0.3) is 10.0 Å². The van der Waals surface area contributed by atoms with Crippen LogP contribution in [-0.2, 0) is 10.0 Å². The van der Waals surface area contributed by atoms with E-state index in [0.29, 0.717) is 12.8 Å². The lowest BCUT2D eigenvalue weighted by molar-refractivity contribution is 0.580. The molecule has 0 aromatic rings. The third-order valence-corrected chi connectivity index (χ3v) is 5.81. The Balaban J connectivity index is 2.24. The molecule has 2 rings (SSSR count). The van der Waals surface area contributed by atoms with Gasteiger partial charge in [-0.05, 0) is 24.7 Å².